The van der Waals surface area contributed by atoms with Crippen molar-refractivity contribution >= 4 is 23.4 Å². The highest BCUT2D eigenvalue weighted by Crippen LogP contribution is 2.38. The lowest BCUT2D eigenvalue weighted by Gasteiger charge is -2.40. The molecule has 2 aliphatic rings. The van der Waals surface area contributed by atoms with Crippen LogP contribution in [0.5, 0.6) is 0 Å². The van der Waals surface area contributed by atoms with Crippen LogP contribution in [0.25, 0.3) is 0 Å². The maximum atomic E-state index is 12.4. The van der Waals surface area contributed by atoms with Crippen molar-refractivity contribution < 1.29 is 9.90 Å². The van der Waals surface area contributed by atoms with Crippen LogP contribution in [-0.4, -0.2) is 39.7 Å². The zero-order chi connectivity index (χ0) is 22.9. The highest BCUT2D eigenvalue weighted by atomic mass is 16.3. The van der Waals surface area contributed by atoms with E-state index in [0.717, 1.165) is 29.7 Å². The first-order valence-electron chi connectivity index (χ1n) is 11.1. The number of aliphatic hydroxyl groups is 1. The summed E-state index contributed by atoms with van der Waals surface area (Å²) in [5, 5.41) is 29.2. The number of rotatable bonds is 6. The number of para-hydroxylation sites is 1. The van der Waals surface area contributed by atoms with Crippen LogP contribution >= 0.6 is 0 Å². The molecule has 1 aliphatic carbocycles. The van der Waals surface area contributed by atoms with Crippen LogP contribution in [0.2, 0.25) is 0 Å². The highest BCUT2D eigenvalue weighted by molar-refractivity contribution is 6.03. The van der Waals surface area contributed by atoms with E-state index in [9.17, 15) is 15.2 Å². The molecule has 32 heavy (non-hydrogen) atoms. The molecular weight excluding hydrogens is 404 g/mol. The van der Waals surface area contributed by atoms with Crippen molar-refractivity contribution in [2.24, 2.45) is 5.41 Å². The zero-order valence-electron chi connectivity index (χ0n) is 18.8. The van der Waals surface area contributed by atoms with Gasteiger partial charge in [-0.2, -0.15) is 10.2 Å². The fraction of sp³-hybridized carbons (Fsp3) is 0.500. The second-order valence-corrected chi connectivity index (χ2v) is 9.49. The molecule has 2 heterocycles. The van der Waals surface area contributed by atoms with Crippen LogP contribution < -0.4 is 16.0 Å². The molecule has 4 rings (SSSR count). The smallest absolute Gasteiger partial charge is 0.232 e. The van der Waals surface area contributed by atoms with Gasteiger partial charge in [0.15, 0.2) is 0 Å². The summed E-state index contributed by atoms with van der Waals surface area (Å²) in [6.07, 6.45) is 4.14. The first kappa shape index (κ1) is 22.0. The summed E-state index contributed by atoms with van der Waals surface area (Å²) in [6.45, 7) is 6.64. The van der Waals surface area contributed by atoms with Crippen molar-refractivity contribution in [1.82, 2.24) is 9.97 Å². The van der Waals surface area contributed by atoms with Gasteiger partial charge in [0.1, 0.15) is 17.5 Å². The highest BCUT2D eigenvalue weighted by Gasteiger charge is 2.36. The molecule has 8 nitrogen and oxygen atoms in total. The first-order chi connectivity index (χ1) is 15.3. The van der Waals surface area contributed by atoms with E-state index in [4.69, 9.17) is 0 Å². The maximum absolute atomic E-state index is 12.4. The number of carbonyl (C=O) groups excluding carboxylic acids is 1. The van der Waals surface area contributed by atoms with E-state index in [1.165, 1.54) is 6.20 Å². The molecule has 0 spiro atoms. The van der Waals surface area contributed by atoms with Crippen molar-refractivity contribution in [2.75, 3.05) is 22.5 Å². The quantitative estimate of drug-likeness (QED) is 0.548. The number of anilines is 3. The lowest BCUT2D eigenvalue weighted by atomic mass is 9.73. The minimum atomic E-state index is -0.319. The largest absolute Gasteiger partial charge is 0.393 e. The number of fused-ring (bicyclic) bond motifs is 1. The summed E-state index contributed by atoms with van der Waals surface area (Å²) in [6, 6.07) is 8.24. The lowest BCUT2D eigenvalue weighted by molar-refractivity contribution is -0.117. The van der Waals surface area contributed by atoms with E-state index in [1.54, 1.807) is 0 Å². The minimum absolute atomic E-state index is 0.0151. The number of nitrogens with zero attached hydrogens (tertiary/aromatic N) is 3. The standard InChI is InChI=1S/C24H30N6O2/c1-14-5-4-6-17-18(22(32)29-20(14)17)9-10-26-23-27-13-15(12-25)21(30-23)28-16-7-8-19(31)24(2,3)11-16/h4-6,13,16,18-19,31H,7-11H2,1-3H3,(H,29,32)(H2,26,27,28,30)/t16-,18?,19+/m1/s1. The minimum Gasteiger partial charge on any atom is -0.393 e. The molecule has 2 aromatic rings. The molecule has 1 fully saturated rings. The summed E-state index contributed by atoms with van der Waals surface area (Å²) >= 11 is 0. The predicted octanol–water partition coefficient (Wildman–Crippen LogP) is 3.55. The third-order valence-corrected chi connectivity index (χ3v) is 6.67. The van der Waals surface area contributed by atoms with Gasteiger partial charge in [0.2, 0.25) is 11.9 Å². The summed E-state index contributed by atoms with van der Waals surface area (Å²) in [7, 11) is 0. The van der Waals surface area contributed by atoms with E-state index in [0.29, 0.717) is 36.7 Å². The van der Waals surface area contributed by atoms with Crippen LogP contribution in [-0.2, 0) is 4.79 Å². The Kier molecular flexibility index (Phi) is 6.02. The van der Waals surface area contributed by atoms with Crippen LogP contribution in [0.4, 0.5) is 17.5 Å². The van der Waals surface area contributed by atoms with Gasteiger partial charge in [0, 0.05) is 18.3 Å². The van der Waals surface area contributed by atoms with Gasteiger partial charge in [0.05, 0.1) is 18.2 Å². The molecular formula is C24H30N6O2. The van der Waals surface area contributed by atoms with Gasteiger partial charge in [-0.1, -0.05) is 32.0 Å². The molecule has 0 saturated heterocycles. The Balaban J connectivity index is 1.41. The fourth-order valence-corrected chi connectivity index (χ4v) is 4.72. The van der Waals surface area contributed by atoms with E-state index < -0.39 is 0 Å². The molecule has 1 aromatic carbocycles. The average molecular weight is 435 g/mol. The number of aryl methyl sites for hydroxylation is 1. The number of nitrogens with one attached hydrogen (secondary N) is 3. The number of benzene rings is 1. The van der Waals surface area contributed by atoms with Gasteiger partial charge in [-0.3, -0.25) is 4.79 Å². The molecule has 1 aliphatic heterocycles. The number of nitriles is 1. The second-order valence-electron chi connectivity index (χ2n) is 9.49. The number of hydrogen-bond acceptors (Lipinski definition) is 7. The van der Waals surface area contributed by atoms with Gasteiger partial charge < -0.3 is 21.1 Å². The van der Waals surface area contributed by atoms with E-state index in [1.807, 2.05) is 25.1 Å². The summed E-state index contributed by atoms with van der Waals surface area (Å²) in [5.41, 5.74) is 3.22. The summed E-state index contributed by atoms with van der Waals surface area (Å²) in [5.74, 6) is 0.733. The van der Waals surface area contributed by atoms with Crippen molar-refractivity contribution in [3.05, 3.63) is 41.1 Å². The van der Waals surface area contributed by atoms with Crippen LogP contribution in [0.3, 0.4) is 0 Å². The van der Waals surface area contributed by atoms with E-state index >= 15 is 0 Å². The Hall–Kier alpha value is -3.18. The summed E-state index contributed by atoms with van der Waals surface area (Å²) < 4.78 is 0. The monoisotopic (exact) mass is 434 g/mol. The zero-order valence-corrected chi connectivity index (χ0v) is 18.8. The lowest BCUT2D eigenvalue weighted by Crippen LogP contribution is -2.41. The molecule has 1 saturated carbocycles. The third-order valence-electron chi connectivity index (χ3n) is 6.67. The van der Waals surface area contributed by atoms with E-state index in [2.05, 4.69) is 45.8 Å². The fourth-order valence-electron chi connectivity index (χ4n) is 4.72. The third kappa shape index (κ3) is 4.39. The maximum Gasteiger partial charge on any atom is 0.232 e. The summed E-state index contributed by atoms with van der Waals surface area (Å²) in [4.78, 5) is 21.2. The van der Waals surface area contributed by atoms with Gasteiger partial charge in [-0.15, -0.1) is 0 Å². The van der Waals surface area contributed by atoms with Crippen LogP contribution in [0.1, 0.15) is 62.1 Å². The number of aliphatic hydroxyl groups excluding tert-OH is 1. The van der Waals surface area contributed by atoms with Crippen molar-refractivity contribution in [3.63, 3.8) is 0 Å². The molecule has 1 aromatic heterocycles. The Bertz CT molecular complexity index is 1060. The molecule has 168 valence electrons. The molecule has 8 heteroatoms. The number of aromatic nitrogens is 2. The van der Waals surface area contributed by atoms with Gasteiger partial charge >= 0.3 is 0 Å². The molecule has 4 N–H and O–H groups in total. The topological polar surface area (TPSA) is 123 Å². The van der Waals surface area contributed by atoms with Crippen molar-refractivity contribution in [1.29, 1.82) is 5.26 Å². The van der Waals surface area contributed by atoms with Crippen LogP contribution in [0, 0.1) is 23.7 Å². The second kappa shape index (κ2) is 8.75. The van der Waals surface area contributed by atoms with Crippen molar-refractivity contribution in [3.8, 4) is 6.07 Å². The molecule has 1 amide bonds. The molecule has 0 radical (unpaired) electrons. The molecule has 1 unspecified atom stereocenters. The average Bonchev–Trinajstić information content (AvgIpc) is 3.08. The van der Waals surface area contributed by atoms with Gasteiger partial charge in [0.25, 0.3) is 0 Å². The van der Waals surface area contributed by atoms with Gasteiger partial charge in [-0.05, 0) is 49.1 Å². The van der Waals surface area contributed by atoms with Crippen LogP contribution in [0.15, 0.2) is 24.4 Å². The number of carbonyl (C=O) groups is 1. The normalized spacial score (nSPS) is 23.7. The Morgan fingerprint density at radius 1 is 1.34 bits per heavy atom. The van der Waals surface area contributed by atoms with E-state index in [-0.39, 0.29) is 29.4 Å². The van der Waals surface area contributed by atoms with Gasteiger partial charge in [-0.25, -0.2) is 4.98 Å². The number of hydrogen-bond donors (Lipinski definition) is 4. The Labute approximate surface area is 188 Å². The number of amides is 1. The molecule has 0 bridgehead atoms. The predicted molar refractivity (Wildman–Crippen MR) is 123 cm³/mol. The first-order valence-corrected chi connectivity index (χ1v) is 11.1. The Morgan fingerprint density at radius 3 is 2.91 bits per heavy atom. The van der Waals surface area contributed by atoms with Crippen molar-refractivity contribution in [2.45, 2.75) is 64.5 Å². The Morgan fingerprint density at radius 2 is 2.16 bits per heavy atom. The SMILES string of the molecule is Cc1cccc2c1NC(=O)C2CCNc1ncc(C#N)c(N[C@@H]2CC[C@H](O)C(C)(C)C2)n1. The molecule has 3 atom stereocenters.